The molecule has 1 aromatic carbocycles. The molecule has 0 saturated carbocycles. The topological polar surface area (TPSA) is 29.8 Å². The summed E-state index contributed by atoms with van der Waals surface area (Å²) in [5.41, 5.74) is 5.64. The van der Waals surface area contributed by atoms with Crippen molar-refractivity contribution >= 4 is 11.3 Å². The molecule has 1 atom stereocenters. The zero-order valence-corrected chi connectivity index (χ0v) is 13.6. The molecule has 0 aliphatic carbocycles. The molecule has 1 aliphatic rings. The van der Waals surface area contributed by atoms with Gasteiger partial charge < -0.3 is 14.0 Å². The Morgan fingerprint density at radius 2 is 2.00 bits per heavy atom. The van der Waals surface area contributed by atoms with Gasteiger partial charge in [-0.3, -0.25) is 0 Å². The minimum Gasteiger partial charge on any atom is -0.380 e. The van der Waals surface area contributed by atoms with Crippen molar-refractivity contribution in [1.29, 1.82) is 0 Å². The fourth-order valence-electron chi connectivity index (χ4n) is 3.19. The number of methoxy groups -OCH3 is 1. The van der Waals surface area contributed by atoms with Crippen molar-refractivity contribution < 1.29 is 4.74 Å². The second-order valence-electron chi connectivity index (χ2n) is 6.23. The van der Waals surface area contributed by atoms with E-state index in [1.165, 1.54) is 11.3 Å². The number of aryl methyl sites for hydroxylation is 1. The van der Waals surface area contributed by atoms with E-state index in [1.807, 2.05) is 0 Å². The third kappa shape index (κ3) is 2.70. The summed E-state index contributed by atoms with van der Waals surface area (Å²) >= 11 is 0. The van der Waals surface area contributed by atoms with Gasteiger partial charge in [0.25, 0.3) is 0 Å². The van der Waals surface area contributed by atoms with E-state index in [2.05, 4.69) is 65.0 Å². The molecule has 0 N–H and O–H groups in total. The van der Waals surface area contributed by atoms with Gasteiger partial charge in [-0.15, -0.1) is 0 Å². The Morgan fingerprint density at radius 3 is 2.74 bits per heavy atom. The maximum Gasteiger partial charge on any atom is 0.139 e. The first-order chi connectivity index (χ1) is 11.2. The zero-order valence-electron chi connectivity index (χ0n) is 13.6. The van der Waals surface area contributed by atoms with Crippen LogP contribution >= 0.6 is 0 Å². The Balaban J connectivity index is 1.66. The quantitative estimate of drug-likeness (QED) is 0.741. The van der Waals surface area contributed by atoms with Gasteiger partial charge >= 0.3 is 0 Å². The molecule has 118 valence electrons. The molecular weight excluding hydrogens is 286 g/mol. The maximum atomic E-state index is 5.46. The Bertz CT molecular complexity index is 822. The zero-order chi connectivity index (χ0) is 15.8. The number of benzene rings is 1. The fourth-order valence-corrected chi connectivity index (χ4v) is 3.19. The molecule has 2 aromatic heterocycles. The lowest BCUT2D eigenvalue weighted by atomic mass is 10.1. The summed E-state index contributed by atoms with van der Waals surface area (Å²) in [6, 6.07) is 12.8. The summed E-state index contributed by atoms with van der Waals surface area (Å²) < 4.78 is 7.55. The number of rotatable bonds is 3. The van der Waals surface area contributed by atoms with E-state index in [4.69, 9.17) is 9.72 Å². The molecule has 23 heavy (non-hydrogen) atoms. The van der Waals surface area contributed by atoms with Gasteiger partial charge in [0.05, 0.1) is 11.8 Å². The lowest BCUT2D eigenvalue weighted by Gasteiger charge is -2.18. The normalized spacial score (nSPS) is 18.0. The van der Waals surface area contributed by atoms with Crippen molar-refractivity contribution in [3.05, 3.63) is 54.4 Å². The average molecular weight is 307 g/mol. The number of nitrogens with zero attached hydrogens (tertiary/aromatic N) is 3. The van der Waals surface area contributed by atoms with E-state index in [0.717, 1.165) is 36.4 Å². The first-order valence-corrected chi connectivity index (χ1v) is 8.06. The van der Waals surface area contributed by atoms with Crippen molar-refractivity contribution in [2.24, 2.45) is 0 Å². The molecule has 1 saturated heterocycles. The fraction of sp³-hybridized carbons (Fsp3) is 0.316. The monoisotopic (exact) mass is 307 g/mol. The van der Waals surface area contributed by atoms with Gasteiger partial charge in [-0.25, -0.2) is 4.98 Å². The third-order valence-electron chi connectivity index (χ3n) is 4.63. The molecule has 0 amide bonds. The van der Waals surface area contributed by atoms with Gasteiger partial charge in [0.15, 0.2) is 0 Å². The van der Waals surface area contributed by atoms with Crippen LogP contribution in [0.25, 0.3) is 16.9 Å². The molecule has 4 rings (SSSR count). The maximum absolute atomic E-state index is 5.46. The van der Waals surface area contributed by atoms with E-state index in [0.29, 0.717) is 6.10 Å². The minimum atomic E-state index is 0.342. The van der Waals surface area contributed by atoms with Gasteiger partial charge in [0.2, 0.25) is 0 Å². The number of fused-ring (bicyclic) bond motifs is 1. The summed E-state index contributed by atoms with van der Waals surface area (Å²) in [4.78, 5) is 7.16. The highest BCUT2D eigenvalue weighted by Crippen LogP contribution is 2.25. The Morgan fingerprint density at radius 1 is 1.17 bits per heavy atom. The number of imidazole rings is 1. The van der Waals surface area contributed by atoms with Crippen molar-refractivity contribution in [3.63, 3.8) is 0 Å². The highest BCUT2D eigenvalue weighted by Gasteiger charge is 2.22. The summed E-state index contributed by atoms with van der Waals surface area (Å²) in [7, 11) is 1.79. The minimum absolute atomic E-state index is 0.342. The molecule has 0 unspecified atom stereocenters. The number of aromatic nitrogens is 2. The van der Waals surface area contributed by atoms with Crippen LogP contribution in [0.3, 0.4) is 0 Å². The van der Waals surface area contributed by atoms with E-state index in [1.54, 1.807) is 7.11 Å². The van der Waals surface area contributed by atoms with Gasteiger partial charge in [-0.1, -0.05) is 29.8 Å². The molecule has 4 heteroatoms. The van der Waals surface area contributed by atoms with Crippen LogP contribution in [0.5, 0.6) is 0 Å². The summed E-state index contributed by atoms with van der Waals surface area (Å²) in [5.74, 6) is 0. The van der Waals surface area contributed by atoms with Crippen LogP contribution in [0.15, 0.2) is 48.8 Å². The van der Waals surface area contributed by atoms with Gasteiger partial charge in [-0.2, -0.15) is 0 Å². The predicted molar refractivity (Wildman–Crippen MR) is 93.0 cm³/mol. The second-order valence-corrected chi connectivity index (χ2v) is 6.23. The molecule has 3 aromatic rings. The molecule has 1 fully saturated rings. The smallest absolute Gasteiger partial charge is 0.139 e. The number of hydrogen-bond acceptors (Lipinski definition) is 3. The predicted octanol–water partition coefficient (Wildman–Crippen LogP) is 3.53. The molecule has 3 heterocycles. The highest BCUT2D eigenvalue weighted by molar-refractivity contribution is 5.65. The summed E-state index contributed by atoms with van der Waals surface area (Å²) in [6.45, 7) is 4.10. The lowest BCUT2D eigenvalue weighted by molar-refractivity contribution is 0.121. The van der Waals surface area contributed by atoms with E-state index >= 15 is 0 Å². The Labute approximate surface area is 136 Å². The number of pyridine rings is 1. The highest BCUT2D eigenvalue weighted by atomic mass is 16.5. The second kappa shape index (κ2) is 5.70. The van der Waals surface area contributed by atoms with Crippen molar-refractivity contribution in [3.8, 4) is 11.3 Å². The third-order valence-corrected chi connectivity index (χ3v) is 4.63. The van der Waals surface area contributed by atoms with Crippen LogP contribution < -0.4 is 4.90 Å². The van der Waals surface area contributed by atoms with Crippen LogP contribution in [0, 0.1) is 6.92 Å². The molecule has 0 radical (unpaired) electrons. The molecule has 0 spiro atoms. The molecule has 4 nitrogen and oxygen atoms in total. The number of ether oxygens (including phenoxy) is 1. The van der Waals surface area contributed by atoms with Crippen LogP contribution in [-0.2, 0) is 4.74 Å². The lowest BCUT2D eigenvalue weighted by Crippen LogP contribution is -2.22. The van der Waals surface area contributed by atoms with Crippen molar-refractivity contribution in [2.75, 3.05) is 25.1 Å². The van der Waals surface area contributed by atoms with E-state index in [-0.39, 0.29) is 0 Å². The first kappa shape index (κ1) is 14.3. The average Bonchev–Trinajstić information content (AvgIpc) is 3.21. The van der Waals surface area contributed by atoms with Gasteiger partial charge in [-0.05, 0) is 19.4 Å². The van der Waals surface area contributed by atoms with E-state index in [9.17, 15) is 0 Å². The molecule has 1 aliphatic heterocycles. The standard InChI is InChI=1S/C19H21N3O/c1-14-3-5-15(6-4-14)18-13-22-9-7-16(11-19(22)20-18)21-10-8-17(12-21)23-2/h3-7,9,11,13,17H,8,10,12H2,1-2H3/t17-/m1/s1. The van der Waals surface area contributed by atoms with Crippen LogP contribution in [0.4, 0.5) is 5.69 Å². The van der Waals surface area contributed by atoms with Crippen LogP contribution in [0.1, 0.15) is 12.0 Å². The summed E-state index contributed by atoms with van der Waals surface area (Å²) in [6.07, 6.45) is 5.61. The van der Waals surface area contributed by atoms with Gasteiger partial charge in [0.1, 0.15) is 5.65 Å². The van der Waals surface area contributed by atoms with Gasteiger partial charge in [0, 0.05) is 49.9 Å². The Kier molecular flexibility index (Phi) is 3.54. The largest absolute Gasteiger partial charge is 0.380 e. The summed E-state index contributed by atoms with van der Waals surface area (Å²) in [5, 5.41) is 0. The van der Waals surface area contributed by atoms with Crippen LogP contribution in [-0.4, -0.2) is 35.7 Å². The SMILES string of the molecule is CO[C@@H]1CCN(c2ccn3cc(-c4ccc(C)cc4)nc3c2)C1. The van der Waals surface area contributed by atoms with Crippen LogP contribution in [0.2, 0.25) is 0 Å². The number of hydrogen-bond donors (Lipinski definition) is 0. The van der Waals surface area contributed by atoms with E-state index < -0.39 is 0 Å². The molecular formula is C19H21N3O. The molecule has 0 bridgehead atoms. The number of anilines is 1. The Hall–Kier alpha value is -2.33. The van der Waals surface area contributed by atoms with Crippen molar-refractivity contribution in [2.45, 2.75) is 19.4 Å². The first-order valence-electron chi connectivity index (χ1n) is 8.06. The van der Waals surface area contributed by atoms with Crippen molar-refractivity contribution in [1.82, 2.24) is 9.38 Å².